The van der Waals surface area contributed by atoms with E-state index in [-0.39, 0.29) is 5.91 Å². The van der Waals surface area contributed by atoms with E-state index in [1.54, 1.807) is 0 Å². The van der Waals surface area contributed by atoms with Gasteiger partial charge in [0.25, 0.3) is 5.91 Å². The average molecular weight is 350 g/mol. The second-order valence-corrected chi connectivity index (χ2v) is 7.48. The zero-order valence-corrected chi connectivity index (χ0v) is 15.3. The number of nitrogens with zero attached hydrogens (tertiary/aromatic N) is 2. The summed E-state index contributed by atoms with van der Waals surface area (Å²) < 4.78 is 0. The Morgan fingerprint density at radius 1 is 1.16 bits per heavy atom. The first-order valence-electron chi connectivity index (χ1n) is 8.78. The molecule has 1 aliphatic rings. The van der Waals surface area contributed by atoms with Gasteiger partial charge < -0.3 is 4.90 Å². The number of nitriles is 1. The molecule has 0 bridgehead atoms. The molecule has 128 valence electrons. The average Bonchev–Trinajstić information content (AvgIpc) is 3.46. The van der Waals surface area contributed by atoms with Crippen LogP contribution in [-0.2, 0) is 0 Å². The van der Waals surface area contributed by atoms with Gasteiger partial charge in [0.05, 0.1) is 11.1 Å². The molecular weight excluding hydrogens is 328 g/mol. The fraction of sp³-hybridized carbons (Fsp3) is 0.333. The first-order chi connectivity index (χ1) is 12.2. The van der Waals surface area contributed by atoms with Crippen LogP contribution in [0.25, 0.3) is 0 Å². The summed E-state index contributed by atoms with van der Waals surface area (Å²) in [5, 5.41) is 9.30. The molecule has 0 spiro atoms. The Morgan fingerprint density at radius 2 is 1.84 bits per heavy atom. The normalized spacial score (nSPS) is 13.3. The minimum Gasteiger partial charge on any atom is -0.338 e. The fourth-order valence-electron chi connectivity index (χ4n) is 2.83. The highest BCUT2D eigenvalue weighted by molar-refractivity contribution is 7.99. The van der Waals surface area contributed by atoms with Crippen LogP contribution in [0.2, 0.25) is 0 Å². The van der Waals surface area contributed by atoms with Crippen LogP contribution in [0.5, 0.6) is 0 Å². The zero-order chi connectivity index (χ0) is 17.6. The Bertz CT molecular complexity index is 792. The van der Waals surface area contributed by atoms with Crippen LogP contribution in [0, 0.1) is 17.2 Å². The summed E-state index contributed by atoms with van der Waals surface area (Å²) >= 11 is 1.49. The lowest BCUT2D eigenvalue weighted by atomic mass is 10.2. The fourth-order valence-corrected chi connectivity index (χ4v) is 3.85. The second kappa shape index (κ2) is 8.22. The minimum atomic E-state index is 0.103. The highest BCUT2D eigenvalue weighted by Crippen LogP contribution is 2.34. The van der Waals surface area contributed by atoms with Gasteiger partial charge in [-0.1, -0.05) is 43.0 Å². The van der Waals surface area contributed by atoms with E-state index in [9.17, 15) is 10.1 Å². The summed E-state index contributed by atoms with van der Waals surface area (Å²) in [5.41, 5.74) is 1.37. The van der Waals surface area contributed by atoms with Crippen molar-refractivity contribution in [1.82, 2.24) is 4.90 Å². The maximum absolute atomic E-state index is 13.1. The Morgan fingerprint density at radius 3 is 2.52 bits per heavy atom. The van der Waals surface area contributed by atoms with Crippen molar-refractivity contribution in [3.63, 3.8) is 0 Å². The number of carbonyl (C=O) groups excluding carboxylic acids is 1. The largest absolute Gasteiger partial charge is 0.338 e. The number of benzene rings is 2. The van der Waals surface area contributed by atoms with Crippen LogP contribution in [-0.4, -0.2) is 23.9 Å². The maximum Gasteiger partial charge on any atom is 0.255 e. The molecule has 4 heteroatoms. The Kier molecular flexibility index (Phi) is 5.78. The van der Waals surface area contributed by atoms with Gasteiger partial charge in [0.15, 0.2) is 0 Å². The summed E-state index contributed by atoms with van der Waals surface area (Å²) in [6, 6.07) is 17.5. The Labute approximate surface area is 153 Å². The summed E-state index contributed by atoms with van der Waals surface area (Å²) in [6.07, 6.45) is 3.43. The quantitative estimate of drug-likeness (QED) is 0.708. The molecule has 2 aromatic rings. The zero-order valence-electron chi connectivity index (χ0n) is 14.4. The first kappa shape index (κ1) is 17.6. The summed E-state index contributed by atoms with van der Waals surface area (Å²) in [7, 11) is 0. The third-order valence-corrected chi connectivity index (χ3v) is 5.45. The standard InChI is InChI=1S/C21H22N2OS/c1-2-13-23(15-16-11-12-16)21(24)18-8-4-6-10-20(18)25-19-9-5-3-7-17(19)14-22/h3-10,16H,2,11-13,15H2,1H3. The van der Waals surface area contributed by atoms with Crippen LogP contribution < -0.4 is 0 Å². The van der Waals surface area contributed by atoms with E-state index in [0.29, 0.717) is 11.5 Å². The van der Waals surface area contributed by atoms with Gasteiger partial charge in [0, 0.05) is 22.9 Å². The highest BCUT2D eigenvalue weighted by Gasteiger charge is 2.27. The molecule has 0 aliphatic heterocycles. The molecule has 3 nitrogen and oxygen atoms in total. The van der Waals surface area contributed by atoms with Gasteiger partial charge in [-0.25, -0.2) is 0 Å². The molecule has 0 heterocycles. The molecule has 0 N–H and O–H groups in total. The van der Waals surface area contributed by atoms with Crippen LogP contribution in [0.1, 0.15) is 42.1 Å². The van der Waals surface area contributed by atoms with Crippen LogP contribution in [0.3, 0.4) is 0 Å². The smallest absolute Gasteiger partial charge is 0.255 e. The van der Waals surface area contributed by atoms with Gasteiger partial charge in [-0.05, 0) is 49.4 Å². The van der Waals surface area contributed by atoms with Crippen molar-refractivity contribution in [2.24, 2.45) is 5.92 Å². The molecule has 1 aliphatic carbocycles. The molecule has 0 saturated heterocycles. The van der Waals surface area contributed by atoms with Crippen molar-refractivity contribution < 1.29 is 4.79 Å². The molecular formula is C21H22N2OS. The highest BCUT2D eigenvalue weighted by atomic mass is 32.2. The lowest BCUT2D eigenvalue weighted by molar-refractivity contribution is 0.0744. The lowest BCUT2D eigenvalue weighted by Gasteiger charge is -2.23. The first-order valence-corrected chi connectivity index (χ1v) is 9.60. The lowest BCUT2D eigenvalue weighted by Crippen LogP contribution is -2.33. The van der Waals surface area contributed by atoms with Gasteiger partial charge in [-0.15, -0.1) is 0 Å². The SMILES string of the molecule is CCCN(CC1CC1)C(=O)c1ccccc1Sc1ccccc1C#N. The van der Waals surface area contributed by atoms with E-state index >= 15 is 0 Å². The van der Waals surface area contributed by atoms with Gasteiger partial charge in [0.1, 0.15) is 6.07 Å². The Balaban J connectivity index is 1.87. The summed E-state index contributed by atoms with van der Waals surface area (Å²) in [4.78, 5) is 16.9. The van der Waals surface area contributed by atoms with Crippen molar-refractivity contribution in [3.8, 4) is 6.07 Å². The van der Waals surface area contributed by atoms with Crippen molar-refractivity contribution >= 4 is 17.7 Å². The van der Waals surface area contributed by atoms with Crippen LogP contribution in [0.15, 0.2) is 58.3 Å². The van der Waals surface area contributed by atoms with Crippen LogP contribution in [0.4, 0.5) is 0 Å². The summed E-state index contributed by atoms with van der Waals surface area (Å²) in [6.45, 7) is 3.76. The topological polar surface area (TPSA) is 44.1 Å². The van der Waals surface area contributed by atoms with Crippen LogP contribution >= 0.6 is 11.8 Å². The number of hydrogen-bond donors (Lipinski definition) is 0. The molecule has 0 aromatic heterocycles. The van der Waals surface area contributed by atoms with Gasteiger partial charge in [-0.2, -0.15) is 5.26 Å². The van der Waals surface area contributed by atoms with Crippen molar-refractivity contribution in [1.29, 1.82) is 5.26 Å². The molecule has 1 amide bonds. The van der Waals surface area contributed by atoms with Crippen molar-refractivity contribution in [2.75, 3.05) is 13.1 Å². The molecule has 2 aromatic carbocycles. The Hall–Kier alpha value is -2.25. The van der Waals surface area contributed by atoms with E-state index in [1.807, 2.05) is 53.4 Å². The van der Waals surface area contributed by atoms with Crippen molar-refractivity contribution in [2.45, 2.75) is 36.0 Å². The van der Waals surface area contributed by atoms with E-state index in [4.69, 9.17) is 0 Å². The summed E-state index contributed by atoms with van der Waals surface area (Å²) in [5.74, 6) is 0.779. The third kappa shape index (κ3) is 4.43. The van der Waals surface area contributed by atoms with E-state index in [0.717, 1.165) is 34.9 Å². The van der Waals surface area contributed by atoms with E-state index in [1.165, 1.54) is 24.6 Å². The second-order valence-electron chi connectivity index (χ2n) is 6.40. The third-order valence-electron chi connectivity index (χ3n) is 4.30. The molecule has 1 fully saturated rings. The number of hydrogen-bond acceptors (Lipinski definition) is 3. The number of carbonyl (C=O) groups is 1. The number of amides is 1. The molecule has 0 radical (unpaired) electrons. The predicted molar refractivity (Wildman–Crippen MR) is 101 cm³/mol. The van der Waals surface area contributed by atoms with Gasteiger partial charge >= 0.3 is 0 Å². The molecule has 1 saturated carbocycles. The van der Waals surface area contributed by atoms with Crippen molar-refractivity contribution in [3.05, 3.63) is 59.7 Å². The van der Waals surface area contributed by atoms with E-state index < -0.39 is 0 Å². The van der Waals surface area contributed by atoms with Gasteiger partial charge in [-0.3, -0.25) is 4.79 Å². The molecule has 25 heavy (non-hydrogen) atoms. The minimum absolute atomic E-state index is 0.103. The molecule has 0 unspecified atom stereocenters. The number of rotatable bonds is 7. The predicted octanol–water partition coefficient (Wildman–Crippen LogP) is 4.97. The molecule has 3 rings (SSSR count). The monoisotopic (exact) mass is 350 g/mol. The van der Waals surface area contributed by atoms with Gasteiger partial charge in [0.2, 0.25) is 0 Å². The van der Waals surface area contributed by atoms with E-state index in [2.05, 4.69) is 13.0 Å². The maximum atomic E-state index is 13.1. The molecule has 0 atom stereocenters.